The molecule has 0 bridgehead atoms. The summed E-state index contributed by atoms with van der Waals surface area (Å²) < 4.78 is 0. The maximum Gasteiger partial charge on any atom is 0.373 e. The van der Waals surface area contributed by atoms with E-state index in [2.05, 4.69) is 0 Å². The van der Waals surface area contributed by atoms with Crippen LogP contribution in [0.4, 0.5) is 0 Å². The molecule has 9 heavy (non-hydrogen) atoms. The van der Waals surface area contributed by atoms with Crippen molar-refractivity contribution in [3.05, 3.63) is 0 Å². The van der Waals surface area contributed by atoms with Crippen LogP contribution in [0.15, 0.2) is 0 Å². The average molecular weight is 148 g/mol. The first-order chi connectivity index (χ1) is 4.09. The third kappa shape index (κ3) is 2.51. The van der Waals surface area contributed by atoms with Crippen LogP contribution in [0.2, 0.25) is 0 Å². The van der Waals surface area contributed by atoms with Crippen molar-refractivity contribution < 1.29 is 14.7 Å². The molecule has 0 aliphatic rings. The fourth-order valence-corrected chi connectivity index (χ4v) is 0.596. The highest BCUT2D eigenvalue weighted by Crippen LogP contribution is 2.05. The van der Waals surface area contributed by atoms with Crippen molar-refractivity contribution in [1.82, 2.24) is 0 Å². The second kappa shape index (κ2) is 3.50. The third-order valence-corrected chi connectivity index (χ3v) is 1.85. The molecule has 1 N–H and O–H groups in total. The molecule has 1 unspecified atom stereocenters. The number of carboxylic acids is 1. The molecule has 0 saturated carbocycles. The number of carbonyl (C=O) groups excluding carboxylic acids is 1. The summed E-state index contributed by atoms with van der Waals surface area (Å²) in [5.41, 5.74) is 0. The molecule has 0 aliphatic carbocycles. The van der Waals surface area contributed by atoms with Crippen molar-refractivity contribution in [2.75, 3.05) is 6.26 Å². The Morgan fingerprint density at radius 1 is 1.56 bits per heavy atom. The molecule has 0 aromatic carbocycles. The zero-order valence-electron chi connectivity index (χ0n) is 5.25. The van der Waals surface area contributed by atoms with Gasteiger partial charge in [-0.05, 0) is 13.2 Å². The molecule has 0 spiro atoms. The maximum absolute atomic E-state index is 10.5. The lowest BCUT2D eigenvalue weighted by Gasteiger charge is -1.99. The van der Waals surface area contributed by atoms with Crippen LogP contribution in [0.5, 0.6) is 0 Å². The Morgan fingerprint density at radius 3 is 2.11 bits per heavy atom. The summed E-state index contributed by atoms with van der Waals surface area (Å²) in [7, 11) is 0. The smallest absolute Gasteiger partial charge is 0.373 e. The highest BCUT2D eigenvalue weighted by molar-refractivity contribution is 8.00. The Labute approximate surface area is 57.4 Å². The first kappa shape index (κ1) is 8.49. The van der Waals surface area contributed by atoms with Gasteiger partial charge in [0, 0.05) is 0 Å². The number of ketones is 1. The van der Waals surface area contributed by atoms with Gasteiger partial charge in [0.15, 0.2) is 0 Å². The first-order valence-corrected chi connectivity index (χ1v) is 3.68. The van der Waals surface area contributed by atoms with E-state index in [-0.39, 0.29) is 0 Å². The van der Waals surface area contributed by atoms with E-state index in [0.717, 1.165) is 0 Å². The number of rotatable bonds is 3. The van der Waals surface area contributed by atoms with Gasteiger partial charge in [-0.15, -0.1) is 0 Å². The molecule has 0 saturated heterocycles. The summed E-state index contributed by atoms with van der Waals surface area (Å²) in [5, 5.41) is 7.69. The van der Waals surface area contributed by atoms with Gasteiger partial charge in [0.1, 0.15) is 0 Å². The average Bonchev–Trinajstić information content (AvgIpc) is 1.84. The van der Waals surface area contributed by atoms with E-state index in [1.165, 1.54) is 11.8 Å². The highest BCUT2D eigenvalue weighted by Gasteiger charge is 2.18. The minimum absolute atomic E-state index is 0.428. The van der Waals surface area contributed by atoms with Gasteiger partial charge >= 0.3 is 5.97 Å². The zero-order chi connectivity index (χ0) is 7.44. The summed E-state index contributed by atoms with van der Waals surface area (Å²) >= 11 is 1.23. The van der Waals surface area contributed by atoms with Crippen molar-refractivity contribution in [2.24, 2.45) is 0 Å². The fraction of sp³-hybridized carbons (Fsp3) is 0.600. The summed E-state index contributed by atoms with van der Waals surface area (Å²) in [6.07, 6.45) is 1.70. The largest absolute Gasteiger partial charge is 0.475 e. The second-order valence-electron chi connectivity index (χ2n) is 1.55. The molecule has 0 aliphatic heterocycles. The topological polar surface area (TPSA) is 54.4 Å². The van der Waals surface area contributed by atoms with Crippen LogP contribution in [0.3, 0.4) is 0 Å². The zero-order valence-corrected chi connectivity index (χ0v) is 6.07. The minimum atomic E-state index is -1.35. The SMILES string of the molecule is CSC(C)C(=O)C(=O)O. The van der Waals surface area contributed by atoms with Crippen LogP contribution in [-0.4, -0.2) is 28.4 Å². The quantitative estimate of drug-likeness (QED) is 0.588. The normalized spacial score (nSPS) is 12.7. The second-order valence-corrected chi connectivity index (χ2v) is 2.73. The summed E-state index contributed by atoms with van der Waals surface area (Å²) in [6.45, 7) is 1.57. The molecule has 0 heterocycles. The molecular weight excluding hydrogens is 140 g/mol. The van der Waals surface area contributed by atoms with E-state index in [0.29, 0.717) is 0 Å². The van der Waals surface area contributed by atoms with E-state index in [4.69, 9.17) is 5.11 Å². The van der Waals surface area contributed by atoms with E-state index >= 15 is 0 Å². The summed E-state index contributed by atoms with van der Waals surface area (Å²) in [4.78, 5) is 20.4. The lowest BCUT2D eigenvalue weighted by Crippen LogP contribution is -2.22. The monoisotopic (exact) mass is 148 g/mol. The molecule has 0 aromatic heterocycles. The third-order valence-electron chi connectivity index (χ3n) is 0.934. The molecule has 0 aromatic rings. The molecule has 0 rings (SSSR count). The van der Waals surface area contributed by atoms with Gasteiger partial charge < -0.3 is 5.11 Å². The van der Waals surface area contributed by atoms with E-state index < -0.39 is 17.0 Å². The Hall–Kier alpha value is -0.510. The standard InChI is InChI=1S/C5H8O3S/c1-3(9-2)4(6)5(7)8/h3H,1-2H3,(H,7,8). The van der Waals surface area contributed by atoms with Crippen molar-refractivity contribution in [3.8, 4) is 0 Å². The molecular formula is C5H8O3S. The van der Waals surface area contributed by atoms with Gasteiger partial charge in [-0.2, -0.15) is 11.8 Å². The van der Waals surface area contributed by atoms with Crippen LogP contribution in [0.25, 0.3) is 0 Å². The number of hydrogen-bond donors (Lipinski definition) is 1. The van der Waals surface area contributed by atoms with Crippen molar-refractivity contribution >= 4 is 23.5 Å². The van der Waals surface area contributed by atoms with Crippen LogP contribution in [-0.2, 0) is 9.59 Å². The molecule has 4 heteroatoms. The number of carbonyl (C=O) groups is 2. The molecule has 1 atom stereocenters. The van der Waals surface area contributed by atoms with E-state index in [9.17, 15) is 9.59 Å². The van der Waals surface area contributed by atoms with E-state index in [1.54, 1.807) is 13.2 Å². The lowest BCUT2D eigenvalue weighted by atomic mass is 10.3. The van der Waals surface area contributed by atoms with Gasteiger partial charge in [-0.3, -0.25) is 4.79 Å². The fourth-order valence-electron chi connectivity index (χ4n) is 0.281. The van der Waals surface area contributed by atoms with Gasteiger partial charge in [0.25, 0.3) is 5.78 Å². The summed E-state index contributed by atoms with van der Waals surface area (Å²) in [5.74, 6) is -2.08. The number of hydrogen-bond acceptors (Lipinski definition) is 3. The van der Waals surface area contributed by atoms with Crippen LogP contribution in [0.1, 0.15) is 6.92 Å². The van der Waals surface area contributed by atoms with Gasteiger partial charge in [-0.25, -0.2) is 4.79 Å². The molecule has 0 amide bonds. The van der Waals surface area contributed by atoms with E-state index in [1.807, 2.05) is 0 Å². The van der Waals surface area contributed by atoms with Crippen molar-refractivity contribution in [3.63, 3.8) is 0 Å². The minimum Gasteiger partial charge on any atom is -0.475 e. The van der Waals surface area contributed by atoms with Gasteiger partial charge in [0.05, 0.1) is 5.25 Å². The first-order valence-electron chi connectivity index (χ1n) is 2.39. The number of Topliss-reactive ketones (excluding diaryl/α,β-unsaturated/α-hetero) is 1. The Morgan fingerprint density at radius 2 is 2.00 bits per heavy atom. The predicted octanol–water partition coefficient (Wildman–Crippen LogP) is 0.392. The van der Waals surface area contributed by atoms with Crippen LogP contribution < -0.4 is 0 Å². The van der Waals surface area contributed by atoms with Crippen molar-refractivity contribution in [1.29, 1.82) is 0 Å². The van der Waals surface area contributed by atoms with Gasteiger partial charge in [-0.1, -0.05) is 0 Å². The highest BCUT2D eigenvalue weighted by atomic mass is 32.2. The number of carboxylic acid groups (broad SMARTS) is 1. The van der Waals surface area contributed by atoms with Crippen LogP contribution >= 0.6 is 11.8 Å². The Bertz CT molecular complexity index is 132. The van der Waals surface area contributed by atoms with Gasteiger partial charge in [0.2, 0.25) is 0 Å². The molecule has 0 radical (unpaired) electrons. The Kier molecular flexibility index (Phi) is 3.30. The number of aliphatic carboxylic acids is 1. The molecule has 3 nitrogen and oxygen atoms in total. The Balaban J connectivity index is 3.88. The van der Waals surface area contributed by atoms with Crippen LogP contribution in [0, 0.1) is 0 Å². The summed E-state index contributed by atoms with van der Waals surface area (Å²) in [6, 6.07) is 0. The van der Waals surface area contributed by atoms with Crippen molar-refractivity contribution in [2.45, 2.75) is 12.2 Å². The maximum atomic E-state index is 10.5. The predicted molar refractivity (Wildman–Crippen MR) is 35.6 cm³/mol. The molecule has 0 fully saturated rings. The lowest BCUT2D eigenvalue weighted by molar-refractivity contribution is -0.148. The molecule has 52 valence electrons. The number of thioether (sulfide) groups is 1.